The monoisotopic (exact) mass is 184 g/mol. The van der Waals surface area contributed by atoms with E-state index in [1.54, 1.807) is 0 Å². The summed E-state index contributed by atoms with van der Waals surface area (Å²) in [5.74, 6) is -0.163. The Kier molecular flexibility index (Phi) is 2.06. The van der Waals surface area contributed by atoms with Gasteiger partial charge < -0.3 is 9.47 Å². The number of carbonyl (C=O) groups excluding carboxylic acids is 1. The van der Waals surface area contributed by atoms with Gasteiger partial charge in [-0.15, -0.1) is 0 Å². The lowest BCUT2D eigenvalue weighted by atomic mass is 9.96. The quantitative estimate of drug-likeness (QED) is 0.494. The first-order valence-corrected chi connectivity index (χ1v) is 5.05. The summed E-state index contributed by atoms with van der Waals surface area (Å²) in [7, 11) is 0. The summed E-state index contributed by atoms with van der Waals surface area (Å²) >= 11 is 0. The van der Waals surface area contributed by atoms with Gasteiger partial charge in [-0.05, 0) is 32.6 Å². The van der Waals surface area contributed by atoms with Crippen LogP contribution in [0.1, 0.15) is 39.5 Å². The molecule has 0 radical (unpaired) electrons. The Labute approximate surface area is 78.4 Å². The largest absolute Gasteiger partial charge is 0.460 e. The molecule has 2 fully saturated rings. The molecule has 1 aliphatic carbocycles. The van der Waals surface area contributed by atoms with Gasteiger partial charge >= 0.3 is 5.97 Å². The third-order valence-corrected chi connectivity index (χ3v) is 3.05. The van der Waals surface area contributed by atoms with Gasteiger partial charge in [-0.1, -0.05) is 6.92 Å². The van der Waals surface area contributed by atoms with Crippen LogP contribution in [0.15, 0.2) is 0 Å². The second-order valence-electron chi connectivity index (χ2n) is 4.08. The van der Waals surface area contributed by atoms with Crippen molar-refractivity contribution in [2.45, 2.75) is 57.3 Å². The average Bonchev–Trinajstić information content (AvgIpc) is 2.71. The van der Waals surface area contributed by atoms with Crippen molar-refractivity contribution < 1.29 is 14.3 Å². The van der Waals surface area contributed by atoms with Crippen LogP contribution in [0.4, 0.5) is 0 Å². The lowest BCUT2D eigenvalue weighted by Crippen LogP contribution is -2.33. The number of ether oxygens (including phenoxy) is 2. The molecule has 2 unspecified atom stereocenters. The zero-order valence-corrected chi connectivity index (χ0v) is 8.21. The molecule has 0 aromatic heterocycles. The highest BCUT2D eigenvalue weighted by Gasteiger charge is 2.59. The summed E-state index contributed by atoms with van der Waals surface area (Å²) in [6.45, 7) is 3.84. The lowest BCUT2D eigenvalue weighted by Gasteiger charge is -2.26. The molecular formula is C10H16O3. The number of rotatable bonds is 3. The molecular weight excluding hydrogens is 168 g/mol. The normalized spacial score (nSPS) is 38.2. The first kappa shape index (κ1) is 9.00. The fourth-order valence-electron chi connectivity index (χ4n) is 1.67. The number of carbonyl (C=O) groups is 1. The summed E-state index contributed by atoms with van der Waals surface area (Å²) in [6, 6.07) is 0. The van der Waals surface area contributed by atoms with E-state index in [0.29, 0.717) is 0 Å². The van der Waals surface area contributed by atoms with E-state index in [9.17, 15) is 4.79 Å². The Balaban J connectivity index is 1.83. The average molecular weight is 184 g/mol. The maximum atomic E-state index is 11.6. The summed E-state index contributed by atoms with van der Waals surface area (Å²) < 4.78 is 10.6. The second kappa shape index (κ2) is 2.98. The number of hydrogen-bond acceptors (Lipinski definition) is 3. The predicted molar refractivity (Wildman–Crippen MR) is 47.3 cm³/mol. The van der Waals surface area contributed by atoms with Crippen molar-refractivity contribution in [3.63, 3.8) is 0 Å². The van der Waals surface area contributed by atoms with Crippen LogP contribution in [-0.2, 0) is 14.3 Å². The van der Waals surface area contributed by atoms with Crippen molar-refractivity contribution in [2.75, 3.05) is 0 Å². The van der Waals surface area contributed by atoms with Crippen LogP contribution in [-0.4, -0.2) is 23.8 Å². The first-order valence-electron chi connectivity index (χ1n) is 5.05. The summed E-state index contributed by atoms with van der Waals surface area (Å²) in [4.78, 5) is 11.6. The molecule has 74 valence electrons. The highest BCUT2D eigenvalue weighted by Crippen LogP contribution is 2.40. The molecule has 3 nitrogen and oxygen atoms in total. The fourth-order valence-corrected chi connectivity index (χ4v) is 1.67. The van der Waals surface area contributed by atoms with Crippen LogP contribution in [0.5, 0.6) is 0 Å². The van der Waals surface area contributed by atoms with Crippen LogP contribution in [0.2, 0.25) is 0 Å². The van der Waals surface area contributed by atoms with Crippen LogP contribution < -0.4 is 0 Å². The highest BCUT2D eigenvalue weighted by molar-refractivity contribution is 5.83. The highest BCUT2D eigenvalue weighted by atomic mass is 16.7. The van der Waals surface area contributed by atoms with Gasteiger partial charge in [0, 0.05) is 0 Å². The first-order chi connectivity index (χ1) is 6.16. The van der Waals surface area contributed by atoms with E-state index in [1.165, 1.54) is 6.42 Å². The summed E-state index contributed by atoms with van der Waals surface area (Å²) in [6.07, 6.45) is 4.38. The fraction of sp³-hybridized carbons (Fsp3) is 0.900. The molecule has 2 rings (SSSR count). The third-order valence-electron chi connectivity index (χ3n) is 3.05. The van der Waals surface area contributed by atoms with Gasteiger partial charge in [-0.25, -0.2) is 4.79 Å². The minimum absolute atomic E-state index is 0.0834. The molecule has 13 heavy (non-hydrogen) atoms. The van der Waals surface area contributed by atoms with E-state index >= 15 is 0 Å². The maximum Gasteiger partial charge on any atom is 0.341 e. The molecule has 3 heteroatoms. The molecule has 0 N–H and O–H groups in total. The smallest absolute Gasteiger partial charge is 0.341 e. The van der Waals surface area contributed by atoms with E-state index in [2.05, 4.69) is 0 Å². The predicted octanol–water partition coefficient (Wildman–Crippen LogP) is 1.65. The van der Waals surface area contributed by atoms with E-state index < -0.39 is 5.60 Å². The van der Waals surface area contributed by atoms with Gasteiger partial charge in [0.15, 0.2) is 5.60 Å². The second-order valence-corrected chi connectivity index (χ2v) is 4.08. The Bertz CT molecular complexity index is 222. The summed E-state index contributed by atoms with van der Waals surface area (Å²) in [5, 5.41) is 0. The van der Waals surface area contributed by atoms with E-state index in [0.717, 1.165) is 19.3 Å². The molecule has 0 aromatic rings. The van der Waals surface area contributed by atoms with E-state index in [-0.39, 0.29) is 18.2 Å². The van der Waals surface area contributed by atoms with Gasteiger partial charge in [-0.3, -0.25) is 0 Å². The van der Waals surface area contributed by atoms with Gasteiger partial charge in [0.25, 0.3) is 0 Å². The van der Waals surface area contributed by atoms with E-state index in [4.69, 9.17) is 9.47 Å². The van der Waals surface area contributed by atoms with Crippen LogP contribution in [0, 0.1) is 0 Å². The molecule has 2 aliphatic rings. The van der Waals surface area contributed by atoms with Crippen molar-refractivity contribution in [3.8, 4) is 0 Å². The lowest BCUT2D eigenvalue weighted by molar-refractivity contribution is -0.158. The molecule has 1 saturated carbocycles. The minimum atomic E-state index is -0.621. The number of hydrogen-bond donors (Lipinski definition) is 0. The zero-order chi connectivity index (χ0) is 9.47. The van der Waals surface area contributed by atoms with Crippen molar-refractivity contribution in [1.82, 2.24) is 0 Å². The molecule has 2 atom stereocenters. The SMILES string of the molecule is CCC1OC1(C)C(=O)OC1CCC1. The van der Waals surface area contributed by atoms with Gasteiger partial charge in [0.05, 0.1) is 6.10 Å². The molecule has 0 aromatic carbocycles. The van der Waals surface area contributed by atoms with Gasteiger partial charge in [0.2, 0.25) is 0 Å². The number of epoxide rings is 1. The topological polar surface area (TPSA) is 38.8 Å². The molecule has 0 amide bonds. The van der Waals surface area contributed by atoms with Crippen molar-refractivity contribution in [3.05, 3.63) is 0 Å². The van der Waals surface area contributed by atoms with Crippen LogP contribution in [0.25, 0.3) is 0 Å². The van der Waals surface area contributed by atoms with Crippen molar-refractivity contribution >= 4 is 5.97 Å². The van der Waals surface area contributed by atoms with Crippen LogP contribution in [0.3, 0.4) is 0 Å². The van der Waals surface area contributed by atoms with Gasteiger partial charge in [-0.2, -0.15) is 0 Å². The molecule has 1 heterocycles. The zero-order valence-electron chi connectivity index (χ0n) is 8.21. The van der Waals surface area contributed by atoms with Gasteiger partial charge in [0.1, 0.15) is 6.10 Å². The Morgan fingerprint density at radius 3 is 2.69 bits per heavy atom. The van der Waals surface area contributed by atoms with E-state index in [1.807, 2.05) is 13.8 Å². The Hall–Kier alpha value is -0.570. The molecule has 1 saturated heterocycles. The summed E-state index contributed by atoms with van der Waals surface area (Å²) in [5.41, 5.74) is -0.621. The molecule has 0 spiro atoms. The molecule has 0 bridgehead atoms. The van der Waals surface area contributed by atoms with Crippen molar-refractivity contribution in [1.29, 1.82) is 0 Å². The van der Waals surface area contributed by atoms with Crippen LogP contribution >= 0.6 is 0 Å². The maximum absolute atomic E-state index is 11.6. The Morgan fingerprint density at radius 2 is 2.31 bits per heavy atom. The standard InChI is InChI=1S/C10H16O3/c1-3-8-10(2,13-8)9(11)12-7-5-4-6-7/h7-8H,3-6H2,1-2H3. The molecule has 1 aliphatic heterocycles. The third kappa shape index (κ3) is 1.46. The Morgan fingerprint density at radius 1 is 1.62 bits per heavy atom. The van der Waals surface area contributed by atoms with Crippen molar-refractivity contribution in [2.24, 2.45) is 0 Å². The minimum Gasteiger partial charge on any atom is -0.460 e. The number of esters is 1.